The Bertz CT molecular complexity index is 1290. The van der Waals surface area contributed by atoms with Gasteiger partial charge in [0.15, 0.2) is 5.76 Å². The maximum atomic E-state index is 13.5. The number of aromatic nitrogens is 1. The number of rotatable bonds is 5. The fourth-order valence-electron chi connectivity index (χ4n) is 3.81. The van der Waals surface area contributed by atoms with E-state index in [0.29, 0.717) is 18.8 Å². The Morgan fingerprint density at radius 3 is 2.19 bits per heavy atom. The summed E-state index contributed by atoms with van der Waals surface area (Å²) in [4.78, 5) is 8.78. The maximum Gasteiger partial charge on any atom is 0.266 e. The zero-order valence-corrected chi connectivity index (χ0v) is 18.5. The number of hydrogen-bond donors (Lipinski definition) is 0. The van der Waals surface area contributed by atoms with E-state index < -0.39 is 9.84 Å². The van der Waals surface area contributed by atoms with Crippen LogP contribution in [0.4, 0.5) is 11.6 Å². The highest BCUT2D eigenvalue weighted by Gasteiger charge is 2.33. The second-order valence-electron chi connectivity index (χ2n) is 7.73. The first-order chi connectivity index (χ1) is 15.5. The second-order valence-corrected chi connectivity index (χ2v) is 9.60. The molecule has 0 unspecified atom stereocenters. The number of sulfone groups is 1. The highest BCUT2D eigenvalue weighted by Crippen LogP contribution is 2.35. The van der Waals surface area contributed by atoms with Crippen LogP contribution in [0.15, 0.2) is 91.7 Å². The first-order valence-corrected chi connectivity index (χ1v) is 11.9. The molecule has 0 atom stereocenters. The molecule has 0 radical (unpaired) electrons. The molecular weight excluding hydrogens is 426 g/mol. The zero-order valence-electron chi connectivity index (χ0n) is 17.6. The summed E-state index contributed by atoms with van der Waals surface area (Å²) in [6.45, 7) is 4.62. The molecule has 0 saturated carbocycles. The Morgan fingerprint density at radius 1 is 0.844 bits per heavy atom. The molecule has 0 amide bonds. The van der Waals surface area contributed by atoms with Gasteiger partial charge in [-0.05, 0) is 43.3 Å². The van der Waals surface area contributed by atoms with Crippen LogP contribution in [-0.4, -0.2) is 39.6 Å². The lowest BCUT2D eigenvalue weighted by atomic mass is 10.2. The monoisotopic (exact) mass is 449 g/mol. The van der Waals surface area contributed by atoms with Gasteiger partial charge in [-0.15, -0.1) is 0 Å². The topological polar surface area (TPSA) is 79.8 Å². The number of anilines is 2. The lowest BCUT2D eigenvalue weighted by Crippen LogP contribution is -2.46. The van der Waals surface area contributed by atoms with Crippen molar-refractivity contribution in [3.05, 3.63) is 78.6 Å². The SMILES string of the molecule is Cc1ccc(S(=O)(=O)c2nc(-c3ccco3)oc2N2CCN(c3ccccc3)CC2)cc1. The number of benzene rings is 2. The molecule has 0 N–H and O–H groups in total. The summed E-state index contributed by atoms with van der Waals surface area (Å²) in [6, 6.07) is 20.3. The first kappa shape index (κ1) is 20.4. The van der Waals surface area contributed by atoms with Crippen molar-refractivity contribution in [1.82, 2.24) is 4.98 Å². The molecule has 32 heavy (non-hydrogen) atoms. The van der Waals surface area contributed by atoms with Crippen LogP contribution in [-0.2, 0) is 9.84 Å². The molecule has 2 aromatic heterocycles. The lowest BCUT2D eigenvalue weighted by Gasteiger charge is -2.36. The summed E-state index contributed by atoms with van der Waals surface area (Å²) in [7, 11) is -3.87. The molecular formula is C24H23N3O4S. The summed E-state index contributed by atoms with van der Waals surface area (Å²) in [5.41, 5.74) is 2.13. The van der Waals surface area contributed by atoms with E-state index >= 15 is 0 Å². The van der Waals surface area contributed by atoms with Gasteiger partial charge in [-0.25, -0.2) is 8.42 Å². The van der Waals surface area contributed by atoms with Gasteiger partial charge in [0.1, 0.15) is 0 Å². The number of para-hydroxylation sites is 1. The van der Waals surface area contributed by atoms with Crippen LogP contribution in [0.1, 0.15) is 5.56 Å². The van der Waals surface area contributed by atoms with E-state index in [1.807, 2.05) is 30.0 Å². The molecule has 0 bridgehead atoms. The van der Waals surface area contributed by atoms with Gasteiger partial charge in [0.25, 0.3) is 5.89 Å². The van der Waals surface area contributed by atoms with Crippen LogP contribution >= 0.6 is 0 Å². The van der Waals surface area contributed by atoms with Crippen LogP contribution in [0.2, 0.25) is 0 Å². The van der Waals surface area contributed by atoms with Crippen molar-refractivity contribution >= 4 is 21.4 Å². The minimum atomic E-state index is -3.87. The van der Waals surface area contributed by atoms with Crippen molar-refractivity contribution in [2.45, 2.75) is 16.8 Å². The molecule has 2 aromatic carbocycles. The minimum Gasteiger partial charge on any atom is -0.459 e. The molecule has 164 valence electrons. The molecule has 1 saturated heterocycles. The Hall–Kier alpha value is -3.52. The third-order valence-corrected chi connectivity index (χ3v) is 7.25. The number of oxazole rings is 1. The molecule has 4 aromatic rings. The Balaban J connectivity index is 1.50. The van der Waals surface area contributed by atoms with E-state index in [2.05, 4.69) is 22.0 Å². The lowest BCUT2D eigenvalue weighted by molar-refractivity contribution is 0.498. The van der Waals surface area contributed by atoms with Crippen molar-refractivity contribution in [1.29, 1.82) is 0 Å². The van der Waals surface area contributed by atoms with Crippen LogP contribution in [0.5, 0.6) is 0 Å². The summed E-state index contributed by atoms with van der Waals surface area (Å²) >= 11 is 0. The normalized spacial score (nSPS) is 14.7. The fraction of sp³-hybridized carbons (Fsp3) is 0.208. The third-order valence-electron chi connectivity index (χ3n) is 5.59. The molecule has 3 heterocycles. The molecule has 8 heteroatoms. The summed E-state index contributed by atoms with van der Waals surface area (Å²) < 4.78 is 38.4. The van der Waals surface area contributed by atoms with Crippen molar-refractivity contribution < 1.29 is 17.3 Å². The summed E-state index contributed by atoms with van der Waals surface area (Å²) in [6.07, 6.45) is 1.51. The van der Waals surface area contributed by atoms with E-state index in [1.165, 1.54) is 6.26 Å². The molecule has 0 aliphatic carbocycles. The van der Waals surface area contributed by atoms with E-state index in [9.17, 15) is 8.42 Å². The minimum absolute atomic E-state index is 0.0825. The number of aryl methyl sites for hydroxylation is 1. The fourth-order valence-corrected chi connectivity index (χ4v) is 5.14. The molecule has 5 rings (SSSR count). The predicted molar refractivity (Wildman–Crippen MR) is 122 cm³/mol. The van der Waals surface area contributed by atoms with Crippen LogP contribution in [0, 0.1) is 6.92 Å². The summed E-state index contributed by atoms with van der Waals surface area (Å²) in [5, 5.41) is -0.0825. The first-order valence-electron chi connectivity index (χ1n) is 10.4. The van der Waals surface area contributed by atoms with Crippen molar-refractivity contribution in [2.24, 2.45) is 0 Å². The van der Waals surface area contributed by atoms with E-state index in [0.717, 1.165) is 24.3 Å². The Morgan fingerprint density at radius 2 is 1.53 bits per heavy atom. The van der Waals surface area contributed by atoms with Crippen LogP contribution in [0.3, 0.4) is 0 Å². The summed E-state index contributed by atoms with van der Waals surface area (Å²) in [5.74, 6) is 0.797. The van der Waals surface area contributed by atoms with E-state index in [4.69, 9.17) is 8.83 Å². The smallest absolute Gasteiger partial charge is 0.266 e. The van der Waals surface area contributed by atoms with E-state index in [1.54, 1.807) is 36.4 Å². The Labute approximate surface area is 186 Å². The molecule has 0 spiro atoms. The van der Waals surface area contributed by atoms with Crippen molar-refractivity contribution in [3.8, 4) is 11.7 Å². The van der Waals surface area contributed by atoms with Gasteiger partial charge in [-0.1, -0.05) is 35.9 Å². The van der Waals surface area contributed by atoms with Crippen molar-refractivity contribution in [2.75, 3.05) is 36.0 Å². The predicted octanol–water partition coefficient (Wildman–Crippen LogP) is 4.40. The van der Waals surface area contributed by atoms with Gasteiger partial charge in [-0.2, -0.15) is 4.98 Å². The standard InChI is InChI=1S/C24H23N3O4S/c1-18-9-11-20(12-10-18)32(28,29)23-24(31-22(25-23)21-8-5-17-30-21)27-15-13-26(14-16-27)19-6-3-2-4-7-19/h2-12,17H,13-16H2,1H3. The van der Waals surface area contributed by atoms with Crippen LogP contribution < -0.4 is 9.80 Å². The third kappa shape index (κ3) is 3.78. The average Bonchev–Trinajstić information content (AvgIpc) is 3.51. The van der Waals surface area contributed by atoms with Gasteiger partial charge in [0.2, 0.25) is 20.7 Å². The quantitative estimate of drug-likeness (QED) is 0.447. The highest BCUT2D eigenvalue weighted by molar-refractivity contribution is 7.91. The number of furan rings is 1. The van der Waals surface area contributed by atoms with E-state index in [-0.39, 0.29) is 21.7 Å². The van der Waals surface area contributed by atoms with Gasteiger partial charge in [0.05, 0.1) is 11.2 Å². The van der Waals surface area contributed by atoms with Gasteiger partial charge < -0.3 is 18.6 Å². The number of nitrogens with zero attached hydrogens (tertiary/aromatic N) is 3. The number of hydrogen-bond acceptors (Lipinski definition) is 7. The average molecular weight is 450 g/mol. The molecule has 1 aliphatic rings. The Kier molecular flexibility index (Phi) is 5.22. The number of piperazine rings is 1. The van der Waals surface area contributed by atoms with Crippen LogP contribution in [0.25, 0.3) is 11.7 Å². The maximum absolute atomic E-state index is 13.5. The van der Waals surface area contributed by atoms with Gasteiger partial charge >= 0.3 is 0 Å². The molecule has 1 fully saturated rings. The van der Waals surface area contributed by atoms with Crippen molar-refractivity contribution in [3.63, 3.8) is 0 Å². The zero-order chi connectivity index (χ0) is 22.1. The second kappa shape index (κ2) is 8.20. The van der Waals surface area contributed by atoms with Gasteiger partial charge in [-0.3, -0.25) is 0 Å². The molecule has 1 aliphatic heterocycles. The highest BCUT2D eigenvalue weighted by atomic mass is 32.2. The largest absolute Gasteiger partial charge is 0.459 e. The molecule has 7 nitrogen and oxygen atoms in total. The van der Waals surface area contributed by atoms with Gasteiger partial charge in [0, 0.05) is 31.9 Å².